The molecule has 1 rings (SSSR count). The Labute approximate surface area is 67.5 Å². The zero-order valence-electron chi connectivity index (χ0n) is 5.75. The second kappa shape index (κ2) is 4.56. The van der Waals surface area contributed by atoms with Crippen molar-refractivity contribution in [2.24, 2.45) is 5.73 Å². The van der Waals surface area contributed by atoms with Gasteiger partial charge >= 0.3 is 0 Å². The lowest BCUT2D eigenvalue weighted by Crippen LogP contribution is -2.32. The van der Waals surface area contributed by atoms with Crippen LogP contribution < -0.4 is 5.73 Å². The predicted octanol–water partition coefficient (Wildman–Crippen LogP) is 0.548. The van der Waals surface area contributed by atoms with Crippen LogP contribution in [0.2, 0.25) is 0 Å². The van der Waals surface area contributed by atoms with Crippen molar-refractivity contribution in [1.82, 2.24) is 0 Å². The lowest BCUT2D eigenvalue weighted by Gasteiger charge is -2.11. The van der Waals surface area contributed by atoms with Crippen molar-refractivity contribution in [3.63, 3.8) is 0 Å². The van der Waals surface area contributed by atoms with Gasteiger partial charge < -0.3 is 10.5 Å². The summed E-state index contributed by atoms with van der Waals surface area (Å²) in [5.74, 6) is 2.46. The van der Waals surface area contributed by atoms with Crippen molar-refractivity contribution < 1.29 is 4.74 Å². The number of hydrogen-bond donors (Lipinski definition) is 1. The van der Waals surface area contributed by atoms with Gasteiger partial charge in [0.25, 0.3) is 0 Å². The fourth-order valence-corrected chi connectivity index (χ4v) is 0.993. The number of hydrogen-bond acceptors (Lipinski definition) is 2. The van der Waals surface area contributed by atoms with Crippen molar-refractivity contribution in [3.05, 3.63) is 0 Å². The van der Waals surface area contributed by atoms with Gasteiger partial charge in [-0.15, -0.1) is 18.8 Å². The highest BCUT2D eigenvalue weighted by atomic mass is 35.5. The quantitative estimate of drug-likeness (QED) is 0.570. The van der Waals surface area contributed by atoms with E-state index in [1.54, 1.807) is 0 Å². The Balaban J connectivity index is 0.000000810. The van der Waals surface area contributed by atoms with Gasteiger partial charge in [-0.3, -0.25) is 0 Å². The third kappa shape index (κ3) is 2.18. The summed E-state index contributed by atoms with van der Waals surface area (Å²) in [6, 6.07) is -0.201. The Morgan fingerprint density at radius 3 is 2.80 bits per heavy atom. The molecule has 1 fully saturated rings. The number of halogens is 1. The highest BCUT2D eigenvalue weighted by Gasteiger charge is 2.20. The summed E-state index contributed by atoms with van der Waals surface area (Å²) in [4.78, 5) is 0. The summed E-state index contributed by atoms with van der Waals surface area (Å²) in [6.45, 7) is 0.819. The van der Waals surface area contributed by atoms with Gasteiger partial charge in [0.15, 0.2) is 0 Å². The van der Waals surface area contributed by atoms with Crippen LogP contribution in [0, 0.1) is 12.3 Å². The first-order valence-electron chi connectivity index (χ1n) is 3.18. The van der Waals surface area contributed by atoms with Crippen molar-refractivity contribution in [1.29, 1.82) is 0 Å². The maximum Gasteiger partial charge on any atom is 0.0927 e. The third-order valence-corrected chi connectivity index (χ3v) is 1.56. The van der Waals surface area contributed by atoms with E-state index in [1.807, 2.05) is 0 Å². The SMILES string of the molecule is C#CC(N)C1CCCO1.Cl. The van der Waals surface area contributed by atoms with Gasteiger partial charge in [-0.05, 0) is 12.8 Å². The summed E-state index contributed by atoms with van der Waals surface area (Å²) in [5, 5.41) is 0. The Morgan fingerprint density at radius 2 is 2.40 bits per heavy atom. The van der Waals surface area contributed by atoms with Gasteiger partial charge in [0.1, 0.15) is 0 Å². The monoisotopic (exact) mass is 161 g/mol. The second-order valence-corrected chi connectivity index (χ2v) is 2.24. The number of terminal acetylenes is 1. The van der Waals surface area contributed by atoms with E-state index in [2.05, 4.69) is 5.92 Å². The van der Waals surface area contributed by atoms with E-state index in [0.29, 0.717) is 0 Å². The van der Waals surface area contributed by atoms with E-state index in [4.69, 9.17) is 16.9 Å². The minimum absolute atomic E-state index is 0. The van der Waals surface area contributed by atoms with Crippen LogP contribution in [0.5, 0.6) is 0 Å². The number of ether oxygens (including phenoxy) is 1. The van der Waals surface area contributed by atoms with Crippen LogP contribution in [-0.2, 0) is 4.74 Å². The molecule has 0 amide bonds. The standard InChI is InChI=1S/C7H11NO.ClH/c1-2-6(8)7-4-3-5-9-7;/h1,6-7H,3-5,8H2;1H. The first-order valence-corrected chi connectivity index (χ1v) is 3.18. The number of rotatable bonds is 1. The van der Waals surface area contributed by atoms with Gasteiger partial charge in [-0.1, -0.05) is 5.92 Å². The van der Waals surface area contributed by atoms with Crippen molar-refractivity contribution in [2.45, 2.75) is 25.0 Å². The largest absolute Gasteiger partial charge is 0.376 e. The first-order chi connectivity index (χ1) is 4.34. The molecule has 0 spiro atoms. The van der Waals surface area contributed by atoms with E-state index in [-0.39, 0.29) is 24.6 Å². The van der Waals surface area contributed by atoms with E-state index >= 15 is 0 Å². The first kappa shape index (κ1) is 9.77. The lowest BCUT2D eigenvalue weighted by atomic mass is 10.1. The molecule has 0 aromatic carbocycles. The zero-order chi connectivity index (χ0) is 6.69. The molecule has 3 heteroatoms. The zero-order valence-corrected chi connectivity index (χ0v) is 6.56. The van der Waals surface area contributed by atoms with Gasteiger partial charge in [-0.2, -0.15) is 0 Å². The highest BCUT2D eigenvalue weighted by molar-refractivity contribution is 5.85. The predicted molar refractivity (Wildman–Crippen MR) is 43.0 cm³/mol. The third-order valence-electron chi connectivity index (χ3n) is 1.56. The van der Waals surface area contributed by atoms with Crippen molar-refractivity contribution >= 4 is 12.4 Å². The Bertz CT molecular complexity index is 126. The summed E-state index contributed by atoms with van der Waals surface area (Å²) >= 11 is 0. The normalized spacial score (nSPS) is 26.6. The van der Waals surface area contributed by atoms with Crippen LogP contribution in [0.15, 0.2) is 0 Å². The molecule has 1 aliphatic rings. The smallest absolute Gasteiger partial charge is 0.0927 e. The minimum atomic E-state index is -0.201. The molecule has 58 valence electrons. The molecule has 10 heavy (non-hydrogen) atoms. The minimum Gasteiger partial charge on any atom is -0.376 e. The molecular weight excluding hydrogens is 150 g/mol. The molecule has 2 unspecified atom stereocenters. The molecule has 2 atom stereocenters. The number of nitrogens with two attached hydrogens (primary N) is 1. The molecule has 2 N–H and O–H groups in total. The summed E-state index contributed by atoms with van der Waals surface area (Å²) in [6.07, 6.45) is 7.33. The van der Waals surface area contributed by atoms with E-state index in [1.165, 1.54) is 0 Å². The van der Waals surface area contributed by atoms with Crippen molar-refractivity contribution in [3.8, 4) is 12.3 Å². The summed E-state index contributed by atoms with van der Waals surface area (Å²) in [7, 11) is 0. The molecule has 0 saturated carbocycles. The van der Waals surface area contributed by atoms with Crippen LogP contribution in [0.4, 0.5) is 0 Å². The molecule has 2 nitrogen and oxygen atoms in total. The summed E-state index contributed by atoms with van der Waals surface area (Å²) in [5.41, 5.74) is 5.52. The molecule has 0 aromatic heterocycles. The Kier molecular flexibility index (Phi) is 4.46. The maximum absolute atomic E-state index is 5.52. The van der Waals surface area contributed by atoms with Gasteiger partial charge in [0.2, 0.25) is 0 Å². The lowest BCUT2D eigenvalue weighted by molar-refractivity contribution is 0.103. The molecule has 0 aromatic rings. The van der Waals surface area contributed by atoms with Crippen LogP contribution in [0.3, 0.4) is 0 Å². The van der Waals surface area contributed by atoms with E-state index in [9.17, 15) is 0 Å². The Hall–Kier alpha value is -0.230. The fraction of sp³-hybridized carbons (Fsp3) is 0.714. The highest BCUT2D eigenvalue weighted by Crippen LogP contribution is 2.13. The van der Waals surface area contributed by atoms with E-state index < -0.39 is 0 Å². The van der Waals surface area contributed by atoms with Crippen LogP contribution in [0.25, 0.3) is 0 Å². The molecule has 0 bridgehead atoms. The summed E-state index contributed by atoms with van der Waals surface area (Å²) < 4.78 is 5.24. The maximum atomic E-state index is 5.52. The Morgan fingerprint density at radius 1 is 1.70 bits per heavy atom. The molecule has 0 aliphatic carbocycles. The van der Waals surface area contributed by atoms with E-state index in [0.717, 1.165) is 19.4 Å². The topological polar surface area (TPSA) is 35.2 Å². The average Bonchev–Trinajstić information content (AvgIpc) is 2.37. The molecule has 1 saturated heterocycles. The molecule has 0 radical (unpaired) electrons. The fourth-order valence-electron chi connectivity index (χ4n) is 0.993. The average molecular weight is 162 g/mol. The molecule has 1 aliphatic heterocycles. The van der Waals surface area contributed by atoms with Gasteiger partial charge in [0.05, 0.1) is 12.1 Å². The van der Waals surface area contributed by atoms with Crippen LogP contribution >= 0.6 is 12.4 Å². The molecular formula is C7H12ClNO. The van der Waals surface area contributed by atoms with Gasteiger partial charge in [-0.25, -0.2) is 0 Å². The van der Waals surface area contributed by atoms with Crippen LogP contribution in [-0.4, -0.2) is 18.8 Å². The second-order valence-electron chi connectivity index (χ2n) is 2.24. The van der Waals surface area contributed by atoms with Crippen molar-refractivity contribution in [2.75, 3.05) is 6.61 Å². The van der Waals surface area contributed by atoms with Gasteiger partial charge in [0, 0.05) is 6.61 Å². The molecule has 1 heterocycles. The van der Waals surface area contributed by atoms with Crippen LogP contribution in [0.1, 0.15) is 12.8 Å².